The van der Waals surface area contributed by atoms with Crippen LogP contribution in [-0.4, -0.2) is 12.1 Å². The minimum Gasteiger partial charge on any atom is -0.497 e. The van der Waals surface area contributed by atoms with Crippen LogP contribution < -0.4 is 4.74 Å². The third-order valence-electron chi connectivity index (χ3n) is 3.32. The number of hydrogen-bond acceptors (Lipinski definition) is 1. The molecule has 2 heteroatoms. The third-order valence-corrected chi connectivity index (χ3v) is 3.32. The molecule has 90 valence electrons. The minimum atomic E-state index is 0.890. The summed E-state index contributed by atoms with van der Waals surface area (Å²) in [5.74, 6) is 0.890. The maximum atomic E-state index is 5.31. The highest BCUT2D eigenvalue weighted by Crippen LogP contribution is 2.32. The lowest BCUT2D eigenvalue weighted by molar-refractivity contribution is 0.415. The van der Waals surface area contributed by atoms with Gasteiger partial charge in [-0.25, -0.2) is 0 Å². The van der Waals surface area contributed by atoms with E-state index < -0.39 is 0 Å². The molecule has 0 saturated carbocycles. The number of benzene rings is 2. The van der Waals surface area contributed by atoms with Crippen LogP contribution in [-0.2, 0) is 0 Å². The zero-order chi connectivity index (χ0) is 12.5. The van der Waals surface area contributed by atoms with Crippen molar-refractivity contribution in [2.45, 2.75) is 6.92 Å². The van der Waals surface area contributed by atoms with Gasteiger partial charge in [-0.05, 0) is 36.2 Å². The molecule has 18 heavy (non-hydrogen) atoms. The molecule has 0 aliphatic rings. The summed E-state index contributed by atoms with van der Waals surface area (Å²) in [6, 6.07) is 14.5. The van der Waals surface area contributed by atoms with E-state index in [9.17, 15) is 0 Å². The number of H-pyrrole nitrogens is 1. The monoisotopic (exact) mass is 237 g/mol. The predicted molar refractivity (Wildman–Crippen MR) is 75.0 cm³/mol. The van der Waals surface area contributed by atoms with Gasteiger partial charge in [-0.15, -0.1) is 0 Å². The lowest BCUT2D eigenvalue weighted by atomic mass is 10.00. The van der Waals surface area contributed by atoms with Crippen LogP contribution in [0, 0.1) is 6.92 Å². The number of hydrogen-bond donors (Lipinski definition) is 1. The standard InChI is InChI=1S/C16H15NO/c1-11-7-8-12(18-2)9-14(11)15-10-17-16-6-4-3-5-13(15)16/h3-10,17H,1-2H3. The molecule has 1 aromatic heterocycles. The maximum Gasteiger partial charge on any atom is 0.119 e. The molecule has 0 saturated heterocycles. The highest BCUT2D eigenvalue weighted by atomic mass is 16.5. The molecule has 0 aliphatic heterocycles. The highest BCUT2D eigenvalue weighted by Gasteiger charge is 2.08. The van der Waals surface area contributed by atoms with Crippen LogP contribution in [0.5, 0.6) is 5.75 Å². The number of para-hydroxylation sites is 1. The number of nitrogens with one attached hydrogen (secondary N) is 1. The molecule has 0 spiro atoms. The summed E-state index contributed by atoms with van der Waals surface area (Å²) in [6.07, 6.45) is 2.06. The van der Waals surface area contributed by atoms with Gasteiger partial charge < -0.3 is 9.72 Å². The number of fused-ring (bicyclic) bond motifs is 1. The summed E-state index contributed by atoms with van der Waals surface area (Å²) in [5, 5.41) is 1.24. The summed E-state index contributed by atoms with van der Waals surface area (Å²) in [5.41, 5.74) is 4.85. The summed E-state index contributed by atoms with van der Waals surface area (Å²) >= 11 is 0. The van der Waals surface area contributed by atoms with Crippen LogP contribution in [0.4, 0.5) is 0 Å². The van der Waals surface area contributed by atoms with Crippen molar-refractivity contribution in [1.29, 1.82) is 0 Å². The molecule has 0 unspecified atom stereocenters. The van der Waals surface area contributed by atoms with Crippen LogP contribution in [0.1, 0.15) is 5.56 Å². The van der Waals surface area contributed by atoms with E-state index in [4.69, 9.17) is 4.74 Å². The van der Waals surface area contributed by atoms with Gasteiger partial charge in [-0.2, -0.15) is 0 Å². The normalized spacial score (nSPS) is 10.8. The Labute approximate surface area is 106 Å². The van der Waals surface area contributed by atoms with Gasteiger partial charge in [0.25, 0.3) is 0 Å². The molecule has 0 amide bonds. The first-order valence-corrected chi connectivity index (χ1v) is 6.01. The average Bonchev–Trinajstić information content (AvgIpc) is 2.83. The molecule has 0 radical (unpaired) electrons. The second-order valence-corrected chi connectivity index (χ2v) is 4.43. The van der Waals surface area contributed by atoms with E-state index in [1.54, 1.807) is 7.11 Å². The van der Waals surface area contributed by atoms with Crippen molar-refractivity contribution in [3.63, 3.8) is 0 Å². The molecular formula is C16H15NO. The van der Waals surface area contributed by atoms with Crippen molar-refractivity contribution in [2.75, 3.05) is 7.11 Å². The molecule has 3 rings (SSSR count). The zero-order valence-corrected chi connectivity index (χ0v) is 10.5. The summed E-state index contributed by atoms with van der Waals surface area (Å²) < 4.78 is 5.31. The first-order valence-electron chi connectivity index (χ1n) is 6.01. The molecule has 0 aliphatic carbocycles. The molecule has 2 aromatic carbocycles. The summed E-state index contributed by atoms with van der Waals surface area (Å²) in [7, 11) is 1.70. The molecule has 1 N–H and O–H groups in total. The lowest BCUT2D eigenvalue weighted by Crippen LogP contribution is -1.86. The molecule has 1 heterocycles. The van der Waals surface area contributed by atoms with Crippen molar-refractivity contribution in [1.82, 2.24) is 4.98 Å². The Kier molecular flexibility index (Phi) is 2.56. The summed E-state index contributed by atoms with van der Waals surface area (Å²) in [6.45, 7) is 2.12. The number of aromatic amines is 1. The number of aromatic nitrogens is 1. The SMILES string of the molecule is COc1ccc(C)c(-c2c[nH]c3ccccc23)c1. The second-order valence-electron chi connectivity index (χ2n) is 4.43. The molecule has 3 aromatic rings. The quantitative estimate of drug-likeness (QED) is 0.711. The van der Waals surface area contributed by atoms with Gasteiger partial charge in [0.15, 0.2) is 0 Å². The lowest BCUT2D eigenvalue weighted by Gasteiger charge is -2.07. The number of methoxy groups -OCH3 is 1. The summed E-state index contributed by atoms with van der Waals surface area (Å²) in [4.78, 5) is 3.31. The topological polar surface area (TPSA) is 25.0 Å². The van der Waals surface area contributed by atoms with Gasteiger partial charge in [-0.1, -0.05) is 24.3 Å². The van der Waals surface area contributed by atoms with E-state index in [0.29, 0.717) is 0 Å². The Morgan fingerprint density at radius 2 is 1.83 bits per heavy atom. The van der Waals surface area contributed by atoms with Gasteiger partial charge in [0.05, 0.1) is 7.11 Å². The molecule has 0 atom stereocenters. The highest BCUT2D eigenvalue weighted by molar-refractivity contribution is 5.96. The van der Waals surface area contributed by atoms with Crippen molar-refractivity contribution in [3.05, 3.63) is 54.2 Å². The van der Waals surface area contributed by atoms with Crippen LogP contribution in [0.2, 0.25) is 0 Å². The first-order chi connectivity index (χ1) is 8.79. The van der Waals surface area contributed by atoms with Crippen molar-refractivity contribution in [2.24, 2.45) is 0 Å². The first kappa shape index (κ1) is 10.9. The van der Waals surface area contributed by atoms with Gasteiger partial charge in [0.2, 0.25) is 0 Å². The van der Waals surface area contributed by atoms with Crippen molar-refractivity contribution >= 4 is 10.9 Å². The maximum absolute atomic E-state index is 5.31. The Hall–Kier alpha value is -2.22. The molecule has 0 bridgehead atoms. The Balaban J connectivity index is 2.25. The van der Waals surface area contributed by atoms with Crippen molar-refractivity contribution < 1.29 is 4.74 Å². The van der Waals surface area contributed by atoms with E-state index >= 15 is 0 Å². The van der Waals surface area contributed by atoms with E-state index in [2.05, 4.69) is 48.4 Å². The van der Waals surface area contributed by atoms with Gasteiger partial charge in [-0.3, -0.25) is 0 Å². The largest absolute Gasteiger partial charge is 0.497 e. The Bertz CT molecular complexity index is 697. The van der Waals surface area contributed by atoms with Gasteiger partial charge in [0.1, 0.15) is 5.75 Å². The smallest absolute Gasteiger partial charge is 0.119 e. The molecule has 2 nitrogen and oxygen atoms in total. The number of aryl methyl sites for hydroxylation is 1. The third kappa shape index (κ3) is 1.66. The molecular weight excluding hydrogens is 222 g/mol. The fraction of sp³-hybridized carbons (Fsp3) is 0.125. The zero-order valence-electron chi connectivity index (χ0n) is 10.5. The number of ether oxygens (including phenoxy) is 1. The van der Waals surface area contributed by atoms with Crippen LogP contribution in [0.15, 0.2) is 48.7 Å². The fourth-order valence-corrected chi connectivity index (χ4v) is 2.31. The van der Waals surface area contributed by atoms with Gasteiger partial charge in [0, 0.05) is 22.7 Å². The average molecular weight is 237 g/mol. The van der Waals surface area contributed by atoms with E-state index in [-0.39, 0.29) is 0 Å². The minimum absolute atomic E-state index is 0.890. The van der Waals surface area contributed by atoms with Crippen LogP contribution >= 0.6 is 0 Å². The van der Waals surface area contributed by atoms with Crippen LogP contribution in [0.3, 0.4) is 0 Å². The van der Waals surface area contributed by atoms with Crippen LogP contribution in [0.25, 0.3) is 22.0 Å². The van der Waals surface area contributed by atoms with Crippen molar-refractivity contribution in [3.8, 4) is 16.9 Å². The van der Waals surface area contributed by atoms with E-state index in [1.165, 1.54) is 22.1 Å². The van der Waals surface area contributed by atoms with E-state index in [1.807, 2.05) is 12.1 Å². The number of rotatable bonds is 2. The predicted octanol–water partition coefficient (Wildman–Crippen LogP) is 4.15. The Morgan fingerprint density at radius 1 is 1.00 bits per heavy atom. The second kappa shape index (κ2) is 4.22. The van der Waals surface area contributed by atoms with E-state index in [0.717, 1.165) is 11.3 Å². The fourth-order valence-electron chi connectivity index (χ4n) is 2.31. The van der Waals surface area contributed by atoms with Gasteiger partial charge >= 0.3 is 0 Å². The Morgan fingerprint density at radius 3 is 2.67 bits per heavy atom. The molecule has 0 fully saturated rings.